The van der Waals surface area contributed by atoms with Gasteiger partial charge in [-0.3, -0.25) is 0 Å². The Balaban J connectivity index is 1.85. The molecule has 1 saturated heterocycles. The fourth-order valence-corrected chi connectivity index (χ4v) is 2.15. The van der Waals surface area contributed by atoms with E-state index < -0.39 is 0 Å². The van der Waals surface area contributed by atoms with Gasteiger partial charge in [0.25, 0.3) is 5.89 Å². The lowest BCUT2D eigenvalue weighted by Gasteiger charge is -2.04. The van der Waals surface area contributed by atoms with Gasteiger partial charge in [0, 0.05) is 11.3 Å². The summed E-state index contributed by atoms with van der Waals surface area (Å²) in [6.07, 6.45) is 2.15. The van der Waals surface area contributed by atoms with Crippen LogP contribution in [0, 0.1) is 0 Å². The van der Waals surface area contributed by atoms with Crippen molar-refractivity contribution in [1.29, 1.82) is 0 Å². The van der Waals surface area contributed by atoms with Crippen LogP contribution in [0.2, 0.25) is 0 Å². The van der Waals surface area contributed by atoms with Crippen LogP contribution in [0.4, 0.5) is 5.69 Å². The summed E-state index contributed by atoms with van der Waals surface area (Å²) in [7, 11) is 0. The quantitative estimate of drug-likeness (QED) is 0.823. The van der Waals surface area contributed by atoms with Crippen LogP contribution in [0.15, 0.2) is 28.8 Å². The molecule has 0 saturated carbocycles. The van der Waals surface area contributed by atoms with Crippen molar-refractivity contribution in [3.63, 3.8) is 0 Å². The predicted octanol–water partition coefficient (Wildman–Crippen LogP) is 2.56. The number of anilines is 1. The summed E-state index contributed by atoms with van der Waals surface area (Å²) in [5, 5.41) is 3.98. The van der Waals surface area contributed by atoms with Crippen LogP contribution in [0.5, 0.6) is 0 Å². The SMILES string of the molecule is CC1CCC(c2nc(-c3cccc(N)c3)no2)O1. The van der Waals surface area contributed by atoms with Gasteiger partial charge in [0.1, 0.15) is 6.10 Å². The summed E-state index contributed by atoms with van der Waals surface area (Å²) in [6.45, 7) is 2.05. The zero-order valence-electron chi connectivity index (χ0n) is 10.2. The number of nitrogens with two attached hydrogens (primary N) is 1. The summed E-state index contributed by atoms with van der Waals surface area (Å²) in [5.74, 6) is 1.11. The van der Waals surface area contributed by atoms with Gasteiger partial charge in [-0.05, 0) is 31.9 Å². The van der Waals surface area contributed by atoms with Crippen LogP contribution in [-0.4, -0.2) is 16.2 Å². The van der Waals surface area contributed by atoms with E-state index >= 15 is 0 Å². The van der Waals surface area contributed by atoms with Gasteiger partial charge in [-0.2, -0.15) is 4.98 Å². The first-order chi connectivity index (χ1) is 8.72. The Bertz CT molecular complexity index is 553. The van der Waals surface area contributed by atoms with Crippen LogP contribution in [0.3, 0.4) is 0 Å². The van der Waals surface area contributed by atoms with Crippen molar-refractivity contribution < 1.29 is 9.26 Å². The predicted molar refractivity (Wildman–Crippen MR) is 66.7 cm³/mol. The fourth-order valence-electron chi connectivity index (χ4n) is 2.15. The van der Waals surface area contributed by atoms with Crippen molar-refractivity contribution in [2.45, 2.75) is 32.0 Å². The smallest absolute Gasteiger partial charge is 0.256 e. The number of rotatable bonds is 2. The highest BCUT2D eigenvalue weighted by Crippen LogP contribution is 2.32. The highest BCUT2D eigenvalue weighted by atomic mass is 16.5. The first-order valence-corrected chi connectivity index (χ1v) is 6.07. The van der Waals surface area contributed by atoms with E-state index in [1.807, 2.05) is 24.3 Å². The topological polar surface area (TPSA) is 74.2 Å². The molecule has 2 atom stereocenters. The molecule has 94 valence electrons. The Morgan fingerprint density at radius 1 is 1.33 bits per heavy atom. The largest absolute Gasteiger partial charge is 0.399 e. The molecule has 5 nitrogen and oxygen atoms in total. The second kappa shape index (κ2) is 4.42. The number of ether oxygens (including phenoxy) is 1. The fraction of sp³-hybridized carbons (Fsp3) is 0.385. The molecule has 0 amide bonds. The van der Waals surface area contributed by atoms with Crippen LogP contribution < -0.4 is 5.73 Å². The third-order valence-corrected chi connectivity index (χ3v) is 3.09. The maximum atomic E-state index is 5.73. The molecule has 1 fully saturated rings. The maximum absolute atomic E-state index is 5.73. The summed E-state index contributed by atoms with van der Waals surface area (Å²) in [6, 6.07) is 7.43. The minimum absolute atomic E-state index is 0.0673. The Kier molecular flexibility index (Phi) is 2.76. The van der Waals surface area contributed by atoms with E-state index in [2.05, 4.69) is 17.1 Å². The van der Waals surface area contributed by atoms with E-state index in [1.54, 1.807) is 0 Å². The molecule has 18 heavy (non-hydrogen) atoms. The van der Waals surface area contributed by atoms with E-state index in [0.29, 0.717) is 17.4 Å². The average Bonchev–Trinajstić information content (AvgIpc) is 2.97. The van der Waals surface area contributed by atoms with Gasteiger partial charge in [0.05, 0.1) is 6.10 Å². The number of aromatic nitrogens is 2. The number of hydrogen-bond acceptors (Lipinski definition) is 5. The summed E-state index contributed by atoms with van der Waals surface area (Å²) in [4.78, 5) is 4.38. The Hall–Kier alpha value is -1.88. The Morgan fingerprint density at radius 3 is 2.94 bits per heavy atom. The molecule has 3 rings (SSSR count). The molecule has 0 bridgehead atoms. The molecule has 2 heterocycles. The summed E-state index contributed by atoms with van der Waals surface area (Å²) in [5.41, 5.74) is 7.27. The highest BCUT2D eigenvalue weighted by molar-refractivity contribution is 5.60. The van der Waals surface area contributed by atoms with Gasteiger partial charge in [0.2, 0.25) is 5.82 Å². The molecule has 1 aromatic carbocycles. The molecule has 0 aliphatic carbocycles. The lowest BCUT2D eigenvalue weighted by atomic mass is 10.2. The Morgan fingerprint density at radius 2 is 2.22 bits per heavy atom. The van der Waals surface area contributed by atoms with Gasteiger partial charge in [-0.25, -0.2) is 0 Å². The van der Waals surface area contributed by atoms with Crippen LogP contribution in [0.25, 0.3) is 11.4 Å². The van der Waals surface area contributed by atoms with E-state index in [-0.39, 0.29) is 12.2 Å². The van der Waals surface area contributed by atoms with Crippen LogP contribution >= 0.6 is 0 Å². The molecule has 2 aromatic rings. The molecule has 2 N–H and O–H groups in total. The lowest BCUT2D eigenvalue weighted by Crippen LogP contribution is -2.01. The van der Waals surface area contributed by atoms with E-state index in [1.165, 1.54) is 0 Å². The summed E-state index contributed by atoms with van der Waals surface area (Å²) < 4.78 is 11.0. The molecule has 0 spiro atoms. The van der Waals surface area contributed by atoms with E-state index in [4.69, 9.17) is 15.0 Å². The van der Waals surface area contributed by atoms with Gasteiger partial charge in [-0.1, -0.05) is 17.3 Å². The van der Waals surface area contributed by atoms with Crippen molar-refractivity contribution >= 4 is 5.69 Å². The lowest BCUT2D eigenvalue weighted by molar-refractivity contribution is 0.0355. The molecule has 0 radical (unpaired) electrons. The Labute approximate surface area is 105 Å². The number of nitrogens with zero attached hydrogens (tertiary/aromatic N) is 2. The zero-order valence-corrected chi connectivity index (χ0v) is 10.2. The van der Waals surface area contributed by atoms with E-state index in [9.17, 15) is 0 Å². The zero-order chi connectivity index (χ0) is 12.5. The number of benzene rings is 1. The molecule has 5 heteroatoms. The molecule has 1 aromatic heterocycles. The molecule has 1 aliphatic heterocycles. The third kappa shape index (κ3) is 2.09. The molecular weight excluding hydrogens is 230 g/mol. The maximum Gasteiger partial charge on any atom is 0.256 e. The van der Waals surface area contributed by atoms with Crippen LogP contribution in [-0.2, 0) is 4.74 Å². The first-order valence-electron chi connectivity index (χ1n) is 6.07. The van der Waals surface area contributed by atoms with Gasteiger partial charge in [0.15, 0.2) is 0 Å². The van der Waals surface area contributed by atoms with Crippen molar-refractivity contribution in [3.05, 3.63) is 30.2 Å². The van der Waals surface area contributed by atoms with Gasteiger partial charge < -0.3 is 15.0 Å². The third-order valence-electron chi connectivity index (χ3n) is 3.09. The highest BCUT2D eigenvalue weighted by Gasteiger charge is 2.28. The van der Waals surface area contributed by atoms with Crippen LogP contribution in [0.1, 0.15) is 31.8 Å². The normalized spacial score (nSPS) is 23.4. The van der Waals surface area contributed by atoms with Gasteiger partial charge >= 0.3 is 0 Å². The minimum atomic E-state index is -0.0673. The monoisotopic (exact) mass is 245 g/mol. The standard InChI is InChI=1S/C13H15N3O2/c1-8-5-6-11(17-8)13-15-12(16-18-13)9-3-2-4-10(14)7-9/h2-4,7-8,11H,5-6,14H2,1H3. The molecular formula is C13H15N3O2. The second-order valence-electron chi connectivity index (χ2n) is 4.59. The van der Waals surface area contributed by atoms with Gasteiger partial charge in [-0.15, -0.1) is 0 Å². The number of hydrogen-bond donors (Lipinski definition) is 1. The molecule has 1 aliphatic rings. The number of nitrogen functional groups attached to an aromatic ring is 1. The van der Waals surface area contributed by atoms with Crippen molar-refractivity contribution in [2.75, 3.05) is 5.73 Å². The van der Waals surface area contributed by atoms with Crippen molar-refractivity contribution in [3.8, 4) is 11.4 Å². The average molecular weight is 245 g/mol. The van der Waals surface area contributed by atoms with Crippen molar-refractivity contribution in [1.82, 2.24) is 10.1 Å². The van der Waals surface area contributed by atoms with E-state index in [0.717, 1.165) is 18.4 Å². The molecule has 2 unspecified atom stereocenters. The minimum Gasteiger partial charge on any atom is -0.399 e. The van der Waals surface area contributed by atoms with Crippen molar-refractivity contribution in [2.24, 2.45) is 0 Å². The summed E-state index contributed by atoms with van der Waals surface area (Å²) >= 11 is 0. The first kappa shape index (κ1) is 11.2. The second-order valence-corrected chi connectivity index (χ2v) is 4.59.